The first-order valence-electron chi connectivity index (χ1n) is 6.93. The standard InChI is InChI=1S/C17H17NO2S/c1-12(13-5-3-2-4-6-13)18-16(20)11-21-17(18)14-7-9-15(19)10-8-14/h2-10,12,17,19H,11H2,1H3. The molecule has 4 heteroatoms. The predicted octanol–water partition coefficient (Wildman–Crippen LogP) is 3.73. The molecule has 0 radical (unpaired) electrons. The summed E-state index contributed by atoms with van der Waals surface area (Å²) in [5.74, 6) is 0.910. The van der Waals surface area contributed by atoms with Gasteiger partial charge in [0.05, 0.1) is 11.8 Å². The summed E-state index contributed by atoms with van der Waals surface area (Å²) in [6.07, 6.45) is 0. The molecule has 2 atom stereocenters. The van der Waals surface area contributed by atoms with Crippen LogP contribution >= 0.6 is 11.8 Å². The first kappa shape index (κ1) is 14.0. The van der Waals surface area contributed by atoms with Gasteiger partial charge in [0.15, 0.2) is 0 Å². The number of phenols is 1. The lowest BCUT2D eigenvalue weighted by atomic mass is 10.1. The Morgan fingerprint density at radius 2 is 1.81 bits per heavy atom. The van der Waals surface area contributed by atoms with Gasteiger partial charge in [-0.25, -0.2) is 0 Å². The molecule has 1 aliphatic heterocycles. The first-order chi connectivity index (χ1) is 10.2. The molecule has 3 rings (SSSR count). The number of aromatic hydroxyl groups is 1. The molecule has 21 heavy (non-hydrogen) atoms. The van der Waals surface area contributed by atoms with Crippen molar-refractivity contribution in [2.24, 2.45) is 0 Å². The number of rotatable bonds is 3. The molecule has 1 fully saturated rings. The van der Waals surface area contributed by atoms with E-state index in [0.717, 1.165) is 11.1 Å². The predicted molar refractivity (Wildman–Crippen MR) is 85.0 cm³/mol. The third kappa shape index (κ3) is 2.76. The SMILES string of the molecule is CC(c1ccccc1)N1C(=O)CSC1c1ccc(O)cc1. The topological polar surface area (TPSA) is 40.5 Å². The number of hydrogen-bond donors (Lipinski definition) is 1. The Labute approximate surface area is 128 Å². The molecule has 1 aliphatic rings. The van der Waals surface area contributed by atoms with Crippen molar-refractivity contribution in [1.29, 1.82) is 0 Å². The van der Waals surface area contributed by atoms with E-state index in [4.69, 9.17) is 0 Å². The lowest BCUT2D eigenvalue weighted by molar-refractivity contribution is -0.130. The quantitative estimate of drug-likeness (QED) is 0.939. The molecule has 108 valence electrons. The molecule has 1 N–H and O–H groups in total. The van der Waals surface area contributed by atoms with Crippen molar-refractivity contribution < 1.29 is 9.90 Å². The van der Waals surface area contributed by atoms with Gasteiger partial charge in [0.25, 0.3) is 0 Å². The van der Waals surface area contributed by atoms with E-state index < -0.39 is 0 Å². The van der Waals surface area contributed by atoms with Gasteiger partial charge in [0, 0.05) is 0 Å². The Morgan fingerprint density at radius 3 is 2.48 bits per heavy atom. The van der Waals surface area contributed by atoms with Crippen molar-refractivity contribution in [3.8, 4) is 5.75 Å². The highest BCUT2D eigenvalue weighted by Gasteiger charge is 2.36. The zero-order valence-corrected chi connectivity index (χ0v) is 12.6. The van der Waals surface area contributed by atoms with Gasteiger partial charge < -0.3 is 10.0 Å². The Hall–Kier alpha value is -1.94. The largest absolute Gasteiger partial charge is 0.508 e. The summed E-state index contributed by atoms with van der Waals surface area (Å²) >= 11 is 1.64. The number of amides is 1. The summed E-state index contributed by atoms with van der Waals surface area (Å²) in [5, 5.41) is 9.42. The van der Waals surface area contributed by atoms with Crippen molar-refractivity contribution in [2.45, 2.75) is 18.3 Å². The van der Waals surface area contributed by atoms with Crippen LogP contribution in [-0.4, -0.2) is 21.7 Å². The van der Waals surface area contributed by atoms with E-state index in [1.807, 2.05) is 35.2 Å². The third-order valence-corrected chi connectivity index (χ3v) is 5.01. The number of nitrogens with zero attached hydrogens (tertiary/aromatic N) is 1. The maximum atomic E-state index is 12.3. The molecule has 2 aromatic rings. The molecular weight excluding hydrogens is 282 g/mol. The van der Waals surface area contributed by atoms with E-state index in [1.165, 1.54) is 0 Å². The van der Waals surface area contributed by atoms with E-state index in [1.54, 1.807) is 23.9 Å². The van der Waals surface area contributed by atoms with E-state index in [-0.39, 0.29) is 23.1 Å². The number of carbonyl (C=O) groups is 1. The van der Waals surface area contributed by atoms with E-state index in [2.05, 4.69) is 19.1 Å². The van der Waals surface area contributed by atoms with Gasteiger partial charge >= 0.3 is 0 Å². The number of thioether (sulfide) groups is 1. The van der Waals surface area contributed by atoms with Gasteiger partial charge in [0.2, 0.25) is 5.91 Å². The number of phenolic OH excluding ortho intramolecular Hbond substituents is 1. The number of carbonyl (C=O) groups excluding carboxylic acids is 1. The first-order valence-corrected chi connectivity index (χ1v) is 7.98. The van der Waals surface area contributed by atoms with Crippen molar-refractivity contribution in [1.82, 2.24) is 4.90 Å². The molecule has 0 aromatic heterocycles. The van der Waals surface area contributed by atoms with Crippen LogP contribution in [0, 0.1) is 0 Å². The van der Waals surface area contributed by atoms with Crippen molar-refractivity contribution in [3.63, 3.8) is 0 Å². The summed E-state index contributed by atoms with van der Waals surface area (Å²) in [6, 6.07) is 17.2. The van der Waals surface area contributed by atoms with Crippen molar-refractivity contribution in [3.05, 3.63) is 65.7 Å². The smallest absolute Gasteiger partial charge is 0.234 e. The van der Waals surface area contributed by atoms with E-state index in [9.17, 15) is 9.90 Å². The van der Waals surface area contributed by atoms with E-state index >= 15 is 0 Å². The monoisotopic (exact) mass is 299 g/mol. The van der Waals surface area contributed by atoms with Crippen LogP contribution in [0.3, 0.4) is 0 Å². The normalized spacial score (nSPS) is 19.8. The number of hydrogen-bond acceptors (Lipinski definition) is 3. The average Bonchev–Trinajstić information content (AvgIpc) is 2.90. The lowest BCUT2D eigenvalue weighted by Crippen LogP contribution is -2.31. The molecule has 3 nitrogen and oxygen atoms in total. The number of benzene rings is 2. The second kappa shape index (κ2) is 5.82. The zero-order valence-electron chi connectivity index (χ0n) is 11.8. The van der Waals surface area contributed by atoms with Crippen LogP contribution in [0.5, 0.6) is 5.75 Å². The lowest BCUT2D eigenvalue weighted by Gasteiger charge is -2.30. The molecule has 1 saturated heterocycles. The fourth-order valence-corrected chi connectivity index (χ4v) is 3.90. The van der Waals surface area contributed by atoms with Crippen molar-refractivity contribution in [2.75, 3.05) is 5.75 Å². The van der Waals surface area contributed by atoms with Crippen LogP contribution < -0.4 is 0 Å². The van der Waals surface area contributed by atoms with Crippen LogP contribution in [0.15, 0.2) is 54.6 Å². The molecule has 2 aromatic carbocycles. The molecule has 0 saturated carbocycles. The Bertz CT molecular complexity index is 627. The van der Waals surface area contributed by atoms with Gasteiger partial charge in [-0.2, -0.15) is 0 Å². The highest BCUT2D eigenvalue weighted by molar-refractivity contribution is 8.00. The van der Waals surface area contributed by atoms with Crippen LogP contribution in [0.4, 0.5) is 0 Å². The zero-order chi connectivity index (χ0) is 14.8. The summed E-state index contributed by atoms with van der Waals surface area (Å²) < 4.78 is 0. The molecular formula is C17H17NO2S. The minimum Gasteiger partial charge on any atom is -0.508 e. The summed E-state index contributed by atoms with van der Waals surface area (Å²) in [7, 11) is 0. The van der Waals surface area contributed by atoms with Crippen LogP contribution in [0.25, 0.3) is 0 Å². The van der Waals surface area contributed by atoms with Gasteiger partial charge in [-0.15, -0.1) is 11.8 Å². The Morgan fingerprint density at radius 1 is 1.14 bits per heavy atom. The molecule has 1 heterocycles. The second-order valence-corrected chi connectivity index (χ2v) is 6.21. The summed E-state index contributed by atoms with van der Waals surface area (Å²) in [5.41, 5.74) is 2.18. The minimum atomic E-state index is 0.00769. The molecule has 0 bridgehead atoms. The minimum absolute atomic E-state index is 0.00769. The maximum absolute atomic E-state index is 12.3. The molecule has 1 amide bonds. The highest BCUT2D eigenvalue weighted by Crippen LogP contribution is 2.43. The molecule has 0 aliphatic carbocycles. The third-order valence-electron chi connectivity index (χ3n) is 3.78. The molecule has 0 spiro atoms. The second-order valence-electron chi connectivity index (χ2n) is 5.14. The van der Waals surface area contributed by atoms with Crippen LogP contribution in [0.2, 0.25) is 0 Å². The fourth-order valence-electron chi connectivity index (χ4n) is 2.64. The van der Waals surface area contributed by atoms with Crippen molar-refractivity contribution >= 4 is 17.7 Å². The van der Waals surface area contributed by atoms with Gasteiger partial charge in [-0.05, 0) is 30.2 Å². The van der Waals surface area contributed by atoms with Crippen LogP contribution in [-0.2, 0) is 4.79 Å². The Balaban J connectivity index is 1.91. The van der Waals surface area contributed by atoms with E-state index in [0.29, 0.717) is 5.75 Å². The maximum Gasteiger partial charge on any atom is 0.234 e. The summed E-state index contributed by atoms with van der Waals surface area (Å²) in [6.45, 7) is 2.06. The van der Waals surface area contributed by atoms with Gasteiger partial charge in [-0.1, -0.05) is 42.5 Å². The van der Waals surface area contributed by atoms with Gasteiger partial charge in [0.1, 0.15) is 11.1 Å². The fraction of sp³-hybridized carbons (Fsp3) is 0.235. The molecule has 2 unspecified atom stereocenters. The van der Waals surface area contributed by atoms with Crippen LogP contribution in [0.1, 0.15) is 29.5 Å². The highest BCUT2D eigenvalue weighted by atomic mass is 32.2. The Kier molecular flexibility index (Phi) is 3.88. The summed E-state index contributed by atoms with van der Waals surface area (Å²) in [4.78, 5) is 14.2. The van der Waals surface area contributed by atoms with Gasteiger partial charge in [-0.3, -0.25) is 4.79 Å². The average molecular weight is 299 g/mol.